The van der Waals surface area contributed by atoms with Crippen molar-refractivity contribution < 1.29 is 9.90 Å². The van der Waals surface area contributed by atoms with Gasteiger partial charge >= 0.3 is 0 Å². The van der Waals surface area contributed by atoms with Gasteiger partial charge in [0.2, 0.25) is 5.91 Å². The number of aliphatic hydroxyl groups is 1. The molecule has 0 spiro atoms. The van der Waals surface area contributed by atoms with Crippen molar-refractivity contribution in [3.05, 3.63) is 35.4 Å². The molecule has 1 aromatic carbocycles. The summed E-state index contributed by atoms with van der Waals surface area (Å²) in [6, 6.07) is 8.25. The summed E-state index contributed by atoms with van der Waals surface area (Å²) in [4.78, 5) is 16.6. The average Bonchev–Trinajstić information content (AvgIpc) is 2.48. The lowest BCUT2D eigenvalue weighted by atomic mass is 9.80. The van der Waals surface area contributed by atoms with Crippen LogP contribution in [0, 0.1) is 5.92 Å². The molecule has 0 aromatic heterocycles. The van der Waals surface area contributed by atoms with E-state index in [-0.39, 0.29) is 11.8 Å². The Hall–Kier alpha value is -1.39. The molecule has 4 nitrogen and oxygen atoms in total. The number of nitrogens with zero attached hydrogens (tertiary/aromatic N) is 2. The van der Waals surface area contributed by atoms with Gasteiger partial charge in [0.25, 0.3) is 0 Å². The quantitative estimate of drug-likeness (QED) is 0.880. The third kappa shape index (κ3) is 3.27. The molecule has 1 aliphatic carbocycles. The molecule has 1 amide bonds. The number of piperazine rings is 1. The van der Waals surface area contributed by atoms with Gasteiger partial charge < -0.3 is 14.9 Å². The fourth-order valence-electron chi connectivity index (χ4n) is 3.38. The molecule has 3 rings (SSSR count). The van der Waals surface area contributed by atoms with Gasteiger partial charge in [-0.1, -0.05) is 24.3 Å². The number of fused-ring (bicyclic) bond motifs is 1. The number of amides is 1. The van der Waals surface area contributed by atoms with Crippen LogP contribution in [0.2, 0.25) is 0 Å². The Morgan fingerprint density at radius 2 is 1.76 bits per heavy atom. The zero-order chi connectivity index (χ0) is 14.8. The van der Waals surface area contributed by atoms with Crippen LogP contribution in [-0.2, 0) is 17.6 Å². The maximum absolute atomic E-state index is 12.4. The Morgan fingerprint density at radius 1 is 1.14 bits per heavy atom. The van der Waals surface area contributed by atoms with Crippen molar-refractivity contribution in [2.24, 2.45) is 5.92 Å². The summed E-state index contributed by atoms with van der Waals surface area (Å²) in [5.41, 5.74) is 2.52. The van der Waals surface area contributed by atoms with E-state index in [4.69, 9.17) is 0 Å². The number of carbonyl (C=O) groups excluding carboxylic acids is 1. The highest BCUT2D eigenvalue weighted by atomic mass is 16.3. The van der Waals surface area contributed by atoms with Crippen molar-refractivity contribution in [3.8, 4) is 0 Å². The second-order valence-corrected chi connectivity index (χ2v) is 6.39. The Kier molecular flexibility index (Phi) is 4.27. The van der Waals surface area contributed by atoms with Crippen LogP contribution in [-0.4, -0.2) is 60.1 Å². The van der Waals surface area contributed by atoms with E-state index < -0.39 is 6.10 Å². The van der Waals surface area contributed by atoms with Crippen molar-refractivity contribution in [2.75, 3.05) is 33.2 Å². The van der Waals surface area contributed by atoms with E-state index in [0.29, 0.717) is 12.8 Å². The first-order valence-corrected chi connectivity index (χ1v) is 7.84. The summed E-state index contributed by atoms with van der Waals surface area (Å²) < 4.78 is 0. The Bertz CT molecular complexity index is 509. The van der Waals surface area contributed by atoms with Crippen molar-refractivity contribution >= 4 is 5.91 Å². The summed E-state index contributed by atoms with van der Waals surface area (Å²) >= 11 is 0. The molecule has 1 heterocycles. The van der Waals surface area contributed by atoms with Crippen LogP contribution in [0.5, 0.6) is 0 Å². The molecule has 0 radical (unpaired) electrons. The number of benzene rings is 1. The predicted molar refractivity (Wildman–Crippen MR) is 82.0 cm³/mol. The van der Waals surface area contributed by atoms with Gasteiger partial charge in [0.1, 0.15) is 0 Å². The molecule has 1 fully saturated rings. The van der Waals surface area contributed by atoms with Crippen LogP contribution in [0.4, 0.5) is 0 Å². The normalized spacial score (nSPS) is 26.5. The first-order valence-electron chi connectivity index (χ1n) is 7.84. The Labute approximate surface area is 126 Å². The van der Waals surface area contributed by atoms with Gasteiger partial charge in [-0.05, 0) is 36.9 Å². The minimum Gasteiger partial charge on any atom is -0.392 e. The highest BCUT2D eigenvalue weighted by Gasteiger charge is 2.30. The van der Waals surface area contributed by atoms with Crippen molar-refractivity contribution in [1.29, 1.82) is 0 Å². The molecule has 0 bridgehead atoms. The molecule has 2 aliphatic rings. The van der Waals surface area contributed by atoms with E-state index in [1.165, 1.54) is 11.1 Å². The van der Waals surface area contributed by atoms with Gasteiger partial charge in [0, 0.05) is 32.6 Å². The molecule has 4 heteroatoms. The SMILES string of the molecule is CN1CCN(C(=O)C[C@@H]2Cc3ccccc3C[C@H]2O)CC1. The summed E-state index contributed by atoms with van der Waals surface area (Å²) in [6.07, 6.45) is 1.57. The van der Waals surface area contributed by atoms with Gasteiger partial charge in [-0.2, -0.15) is 0 Å². The second-order valence-electron chi connectivity index (χ2n) is 6.39. The average molecular weight is 288 g/mol. The number of likely N-dealkylation sites (N-methyl/N-ethyl adjacent to an activating group) is 1. The van der Waals surface area contributed by atoms with Gasteiger partial charge in [0.05, 0.1) is 6.10 Å². The van der Waals surface area contributed by atoms with Gasteiger partial charge in [-0.25, -0.2) is 0 Å². The fourth-order valence-corrected chi connectivity index (χ4v) is 3.38. The van der Waals surface area contributed by atoms with E-state index in [0.717, 1.165) is 32.6 Å². The number of hydrogen-bond acceptors (Lipinski definition) is 3. The van der Waals surface area contributed by atoms with Crippen LogP contribution in [0.25, 0.3) is 0 Å². The molecule has 2 atom stereocenters. The maximum Gasteiger partial charge on any atom is 0.223 e. The summed E-state index contributed by atoms with van der Waals surface area (Å²) in [6.45, 7) is 3.52. The largest absolute Gasteiger partial charge is 0.392 e. The van der Waals surface area contributed by atoms with Gasteiger partial charge in [-0.3, -0.25) is 4.79 Å². The Balaban J connectivity index is 1.61. The molecule has 1 aliphatic heterocycles. The number of aliphatic hydroxyl groups excluding tert-OH is 1. The standard InChI is InChI=1S/C17H24N2O2/c1-18-6-8-19(9-7-18)17(21)12-15-10-13-4-2-3-5-14(13)11-16(15)20/h2-5,15-16,20H,6-12H2,1H3/t15-,16+/m0/s1. The number of carbonyl (C=O) groups is 1. The third-order valence-electron chi connectivity index (χ3n) is 4.87. The smallest absolute Gasteiger partial charge is 0.223 e. The van der Waals surface area contributed by atoms with Crippen LogP contribution in [0.15, 0.2) is 24.3 Å². The molecule has 1 aromatic rings. The molecule has 21 heavy (non-hydrogen) atoms. The molecular formula is C17H24N2O2. The Morgan fingerprint density at radius 3 is 2.43 bits per heavy atom. The maximum atomic E-state index is 12.4. The lowest BCUT2D eigenvalue weighted by Gasteiger charge is -2.35. The van der Waals surface area contributed by atoms with E-state index >= 15 is 0 Å². The zero-order valence-electron chi connectivity index (χ0n) is 12.7. The lowest BCUT2D eigenvalue weighted by Crippen LogP contribution is -2.48. The van der Waals surface area contributed by atoms with Crippen molar-refractivity contribution in [2.45, 2.75) is 25.4 Å². The van der Waals surface area contributed by atoms with Crippen LogP contribution >= 0.6 is 0 Å². The predicted octanol–water partition coefficient (Wildman–Crippen LogP) is 0.926. The van der Waals surface area contributed by atoms with Gasteiger partial charge in [0.15, 0.2) is 0 Å². The van der Waals surface area contributed by atoms with Crippen LogP contribution in [0.1, 0.15) is 17.5 Å². The summed E-state index contributed by atoms with van der Waals surface area (Å²) in [7, 11) is 2.09. The van der Waals surface area contributed by atoms with Crippen LogP contribution in [0.3, 0.4) is 0 Å². The summed E-state index contributed by atoms with van der Waals surface area (Å²) in [5.74, 6) is 0.263. The molecule has 0 unspecified atom stereocenters. The van der Waals surface area contributed by atoms with Crippen molar-refractivity contribution in [1.82, 2.24) is 9.80 Å². The highest BCUT2D eigenvalue weighted by molar-refractivity contribution is 5.76. The minimum atomic E-state index is -0.392. The van der Waals surface area contributed by atoms with E-state index in [1.807, 2.05) is 17.0 Å². The molecule has 114 valence electrons. The minimum absolute atomic E-state index is 0.0621. The first kappa shape index (κ1) is 14.5. The lowest BCUT2D eigenvalue weighted by molar-refractivity contribution is -0.134. The first-order chi connectivity index (χ1) is 10.1. The fraction of sp³-hybridized carbons (Fsp3) is 0.588. The third-order valence-corrected chi connectivity index (χ3v) is 4.87. The summed E-state index contributed by atoms with van der Waals surface area (Å²) in [5, 5.41) is 10.3. The van der Waals surface area contributed by atoms with E-state index in [1.54, 1.807) is 0 Å². The number of rotatable bonds is 2. The van der Waals surface area contributed by atoms with Gasteiger partial charge in [-0.15, -0.1) is 0 Å². The highest BCUT2D eigenvalue weighted by Crippen LogP contribution is 2.28. The second kappa shape index (κ2) is 6.16. The van der Waals surface area contributed by atoms with E-state index in [2.05, 4.69) is 24.1 Å². The topological polar surface area (TPSA) is 43.8 Å². The molecule has 0 saturated carbocycles. The van der Waals surface area contributed by atoms with E-state index in [9.17, 15) is 9.90 Å². The molecular weight excluding hydrogens is 264 g/mol. The number of hydrogen-bond donors (Lipinski definition) is 1. The van der Waals surface area contributed by atoms with Crippen molar-refractivity contribution in [3.63, 3.8) is 0 Å². The monoisotopic (exact) mass is 288 g/mol. The molecule has 1 N–H and O–H groups in total. The molecule has 1 saturated heterocycles. The zero-order valence-corrected chi connectivity index (χ0v) is 12.7. The van der Waals surface area contributed by atoms with Crippen LogP contribution < -0.4 is 0 Å².